The van der Waals surface area contributed by atoms with Crippen LogP contribution in [0.15, 0.2) is 0 Å². The highest BCUT2D eigenvalue weighted by Crippen LogP contribution is 2.44. The molecule has 1 aromatic rings. The number of hydrogen-bond acceptors (Lipinski definition) is 6. The molecule has 6 atom stereocenters. The summed E-state index contributed by atoms with van der Waals surface area (Å²) in [6.45, 7) is 14.7. The van der Waals surface area contributed by atoms with E-state index in [0.717, 1.165) is 0 Å². The molecule has 0 radical (unpaired) electrons. The summed E-state index contributed by atoms with van der Waals surface area (Å²) < 4.78 is 0. The lowest BCUT2D eigenvalue weighted by Crippen LogP contribution is -2.35. The molecule has 0 aromatic heterocycles. The molecule has 3 N–H and O–H groups in total. The maximum atomic E-state index is 11.5. The normalized spacial score (nSPS) is 17.0. The van der Waals surface area contributed by atoms with E-state index in [1.807, 2.05) is 56.2 Å². The van der Waals surface area contributed by atoms with E-state index in [9.17, 15) is 15.3 Å². The van der Waals surface area contributed by atoms with Crippen LogP contribution in [-0.2, 0) is 19.6 Å². The summed E-state index contributed by atoms with van der Waals surface area (Å²) in [4.78, 5) is 5.94. The van der Waals surface area contributed by atoms with E-state index in [2.05, 4.69) is 0 Å². The Hall–Kier alpha value is 0.240. The molecule has 0 fully saturated rings. The number of phenols is 3. The Kier molecular flexibility index (Phi) is 17.2. The van der Waals surface area contributed by atoms with Gasteiger partial charge in [0.15, 0.2) is 0 Å². The summed E-state index contributed by atoms with van der Waals surface area (Å²) in [5.41, 5.74) is 0.883. The predicted molar refractivity (Wildman–Crippen MR) is 169 cm³/mol. The Bertz CT molecular complexity index is 711. The van der Waals surface area contributed by atoms with Gasteiger partial charge in [0.2, 0.25) is 0 Å². The molecule has 39 heavy (non-hydrogen) atoms. The lowest BCUT2D eigenvalue weighted by molar-refractivity contribution is 0.243. The minimum absolute atomic E-state index is 0.180. The van der Waals surface area contributed by atoms with E-state index in [1.54, 1.807) is 0 Å². The monoisotopic (exact) mass is 669 g/mol. The van der Waals surface area contributed by atoms with Gasteiger partial charge in [-0.3, -0.25) is 14.7 Å². The third kappa shape index (κ3) is 13.8. The zero-order valence-electron chi connectivity index (χ0n) is 23.8. The Balaban J connectivity index is 3.72. The summed E-state index contributed by atoms with van der Waals surface area (Å²) in [5.74, 6) is -0.540. The van der Waals surface area contributed by atoms with E-state index >= 15 is 0 Å². The molecule has 0 saturated heterocycles. The van der Waals surface area contributed by atoms with E-state index < -0.39 is 0 Å². The number of hydrogen-bond donors (Lipinski definition) is 3. The maximum Gasteiger partial charge on any atom is 0.132 e. The summed E-state index contributed by atoms with van der Waals surface area (Å²) in [7, 11) is 0. The second-order valence-corrected chi connectivity index (χ2v) is 15.2. The first-order valence-electron chi connectivity index (χ1n) is 13.3. The first-order chi connectivity index (χ1) is 18.0. The first-order valence-corrected chi connectivity index (χ1v) is 15.9. The highest BCUT2D eigenvalue weighted by molar-refractivity contribution is 6.21. The van der Waals surface area contributed by atoms with Crippen LogP contribution in [0.2, 0.25) is 0 Å². The molecule has 6 unspecified atom stereocenters. The van der Waals surface area contributed by atoms with Crippen molar-refractivity contribution in [3.63, 3.8) is 0 Å². The van der Waals surface area contributed by atoms with E-state index in [-0.39, 0.29) is 69.1 Å². The third-order valence-corrected chi connectivity index (χ3v) is 6.75. The van der Waals surface area contributed by atoms with Gasteiger partial charge in [-0.05, 0) is 41.5 Å². The van der Waals surface area contributed by atoms with Crippen molar-refractivity contribution in [3.05, 3.63) is 16.7 Å². The topological polar surface area (TPSA) is 70.4 Å². The smallest absolute Gasteiger partial charge is 0.132 e. The molecule has 228 valence electrons. The fourth-order valence-corrected chi connectivity index (χ4v) is 5.92. The van der Waals surface area contributed by atoms with Crippen molar-refractivity contribution in [2.24, 2.45) is 0 Å². The fraction of sp³-hybridized carbons (Fsp3) is 0.778. The Labute approximate surface area is 265 Å². The van der Waals surface area contributed by atoms with Gasteiger partial charge in [-0.1, -0.05) is 0 Å². The third-order valence-electron chi connectivity index (χ3n) is 5.92. The molecular weight excluding hydrogens is 627 g/mol. The molecule has 0 heterocycles. The Morgan fingerprint density at radius 3 is 0.692 bits per heavy atom. The number of phenolic OH excluding ortho intramolecular Hbond substituents is 3. The van der Waals surface area contributed by atoms with Crippen molar-refractivity contribution in [2.75, 3.05) is 39.3 Å². The van der Waals surface area contributed by atoms with Crippen molar-refractivity contribution in [1.29, 1.82) is 0 Å². The molecule has 0 spiro atoms. The number of benzene rings is 1. The predicted octanol–water partition coefficient (Wildman–Crippen LogP) is 6.97. The van der Waals surface area contributed by atoms with E-state index in [4.69, 9.17) is 69.6 Å². The lowest BCUT2D eigenvalue weighted by atomic mass is 9.98. The van der Waals surface area contributed by atoms with Gasteiger partial charge in [0, 0.05) is 91.2 Å². The van der Waals surface area contributed by atoms with Crippen LogP contribution in [0.25, 0.3) is 0 Å². The molecular formula is C27H45Cl6N3O3. The minimum atomic E-state index is -0.183. The van der Waals surface area contributed by atoms with E-state index in [0.29, 0.717) is 56.0 Å². The van der Waals surface area contributed by atoms with Crippen LogP contribution >= 0.6 is 69.6 Å². The molecule has 0 amide bonds. The zero-order chi connectivity index (χ0) is 30.0. The van der Waals surface area contributed by atoms with Gasteiger partial charge >= 0.3 is 0 Å². The van der Waals surface area contributed by atoms with Gasteiger partial charge in [0.05, 0.1) is 16.7 Å². The van der Waals surface area contributed by atoms with Crippen LogP contribution in [-0.4, -0.2) is 102 Å². The molecule has 0 aliphatic heterocycles. The molecule has 0 aliphatic carbocycles. The number of halogens is 6. The summed E-state index contributed by atoms with van der Waals surface area (Å²) >= 11 is 37.8. The second-order valence-electron chi connectivity index (χ2n) is 10.7. The Morgan fingerprint density at radius 1 is 0.410 bits per heavy atom. The number of aromatic hydroxyl groups is 3. The Morgan fingerprint density at radius 2 is 0.564 bits per heavy atom. The van der Waals surface area contributed by atoms with Gasteiger partial charge in [-0.25, -0.2) is 0 Å². The van der Waals surface area contributed by atoms with Crippen molar-refractivity contribution >= 4 is 69.6 Å². The van der Waals surface area contributed by atoms with Gasteiger partial charge in [-0.2, -0.15) is 0 Å². The fourth-order valence-electron chi connectivity index (χ4n) is 4.75. The average Bonchev–Trinajstić information content (AvgIpc) is 2.74. The van der Waals surface area contributed by atoms with Crippen LogP contribution in [0.3, 0.4) is 0 Å². The lowest BCUT2D eigenvalue weighted by Gasteiger charge is -2.31. The first kappa shape index (κ1) is 37.3. The molecule has 1 rings (SSSR count). The van der Waals surface area contributed by atoms with Crippen LogP contribution < -0.4 is 0 Å². The van der Waals surface area contributed by atoms with E-state index in [1.165, 1.54) is 0 Å². The molecule has 0 bridgehead atoms. The van der Waals surface area contributed by atoms with Crippen molar-refractivity contribution in [3.8, 4) is 17.2 Å². The van der Waals surface area contributed by atoms with Gasteiger partial charge in [0.25, 0.3) is 0 Å². The van der Waals surface area contributed by atoms with Crippen LogP contribution in [0.4, 0.5) is 0 Å². The van der Waals surface area contributed by atoms with Crippen molar-refractivity contribution < 1.29 is 15.3 Å². The molecule has 0 saturated carbocycles. The van der Waals surface area contributed by atoms with Crippen molar-refractivity contribution in [1.82, 2.24) is 14.7 Å². The quantitative estimate of drug-likeness (QED) is 0.147. The number of alkyl halides is 6. The molecule has 6 nitrogen and oxygen atoms in total. The molecule has 1 aromatic carbocycles. The van der Waals surface area contributed by atoms with Crippen LogP contribution in [0, 0.1) is 0 Å². The second kappa shape index (κ2) is 18.0. The number of nitrogens with zero attached hydrogens (tertiary/aromatic N) is 3. The van der Waals surface area contributed by atoms with Gasteiger partial charge in [0.1, 0.15) is 17.2 Å². The highest BCUT2D eigenvalue weighted by Gasteiger charge is 2.28. The maximum absolute atomic E-state index is 11.5. The SMILES string of the molecule is CC(Cl)CN(Cc1c(O)c(CN(CC(C)Cl)CC(C)Cl)c(O)c(CN(CC(C)Cl)CC(C)Cl)c1O)CC(C)Cl. The zero-order valence-corrected chi connectivity index (χ0v) is 28.3. The highest BCUT2D eigenvalue weighted by atomic mass is 35.5. The summed E-state index contributed by atoms with van der Waals surface area (Å²) in [6, 6.07) is 0. The standard InChI is InChI=1S/C27H45Cl6N3O3/c1-16(28)7-34(8-17(2)29)13-22-25(37)23(14-35(9-18(3)30)10-19(4)31)27(39)24(26(22)38)15-36(11-20(5)32)12-21(6)33/h16-21,37-39H,7-15H2,1-6H3. The number of rotatable bonds is 18. The summed E-state index contributed by atoms with van der Waals surface area (Å²) in [6.07, 6.45) is 0. The van der Waals surface area contributed by atoms with Gasteiger partial charge in [-0.15, -0.1) is 69.6 Å². The van der Waals surface area contributed by atoms with Crippen LogP contribution in [0.5, 0.6) is 17.2 Å². The van der Waals surface area contributed by atoms with Gasteiger partial charge < -0.3 is 15.3 Å². The molecule has 12 heteroatoms. The molecule has 0 aliphatic rings. The largest absolute Gasteiger partial charge is 0.507 e. The average molecular weight is 672 g/mol. The van der Waals surface area contributed by atoms with Crippen LogP contribution in [0.1, 0.15) is 58.2 Å². The van der Waals surface area contributed by atoms with Crippen molar-refractivity contribution in [2.45, 2.75) is 93.4 Å². The summed E-state index contributed by atoms with van der Waals surface area (Å²) in [5, 5.41) is 33.3. The minimum Gasteiger partial charge on any atom is -0.507 e.